The van der Waals surface area contributed by atoms with Crippen molar-refractivity contribution in [1.29, 1.82) is 0 Å². The summed E-state index contributed by atoms with van der Waals surface area (Å²) in [6.45, 7) is 4.68. The number of piperidine rings is 1. The molecule has 1 fully saturated rings. The third-order valence-electron chi connectivity index (χ3n) is 3.26. The molecule has 0 amide bonds. The molecule has 1 unspecified atom stereocenters. The molecule has 106 valence electrons. The number of aldehydes is 1. The lowest BCUT2D eigenvalue weighted by molar-refractivity contribution is 0.109. The molecule has 0 bridgehead atoms. The van der Waals surface area contributed by atoms with Gasteiger partial charge in [-0.2, -0.15) is 0 Å². The van der Waals surface area contributed by atoms with Crippen LogP contribution in [0.3, 0.4) is 0 Å². The number of nitrogens with one attached hydrogen (secondary N) is 1. The molecule has 1 aliphatic rings. The van der Waals surface area contributed by atoms with Crippen molar-refractivity contribution < 1.29 is 17.6 Å². The van der Waals surface area contributed by atoms with Gasteiger partial charge < -0.3 is 9.32 Å². The summed E-state index contributed by atoms with van der Waals surface area (Å²) < 4.78 is 31.8. The van der Waals surface area contributed by atoms with Crippen molar-refractivity contribution in [2.45, 2.75) is 30.9 Å². The zero-order valence-corrected chi connectivity index (χ0v) is 11.6. The first kappa shape index (κ1) is 14.2. The highest BCUT2D eigenvalue weighted by atomic mass is 32.2. The molecular weight excluding hydrogens is 268 g/mol. The van der Waals surface area contributed by atoms with E-state index < -0.39 is 10.0 Å². The molecule has 1 N–H and O–H groups in total. The number of carbonyl (C=O) groups is 1. The van der Waals surface area contributed by atoms with Crippen molar-refractivity contribution >= 4 is 16.3 Å². The number of hydrogen-bond acceptors (Lipinski definition) is 5. The maximum atomic E-state index is 12.1. The Bertz CT molecular complexity index is 538. The van der Waals surface area contributed by atoms with Crippen LogP contribution in [0.15, 0.2) is 21.6 Å². The summed E-state index contributed by atoms with van der Waals surface area (Å²) in [6.07, 6.45) is 2.27. The van der Waals surface area contributed by atoms with Gasteiger partial charge in [-0.1, -0.05) is 6.92 Å². The Morgan fingerprint density at radius 1 is 1.53 bits per heavy atom. The largest absolute Gasteiger partial charge is 0.440 e. The van der Waals surface area contributed by atoms with Gasteiger partial charge in [-0.15, -0.1) is 0 Å². The second-order valence-electron chi connectivity index (χ2n) is 4.63. The summed E-state index contributed by atoms with van der Waals surface area (Å²) in [5.74, 6) is 0.0132. The van der Waals surface area contributed by atoms with E-state index in [9.17, 15) is 13.2 Å². The van der Waals surface area contributed by atoms with Gasteiger partial charge in [0.2, 0.25) is 5.09 Å². The first-order valence-corrected chi connectivity index (χ1v) is 7.83. The van der Waals surface area contributed by atoms with Crippen LogP contribution < -0.4 is 4.72 Å². The van der Waals surface area contributed by atoms with E-state index >= 15 is 0 Å². The number of hydrogen-bond donors (Lipinski definition) is 1. The van der Waals surface area contributed by atoms with E-state index in [4.69, 9.17) is 4.42 Å². The predicted octanol–water partition coefficient (Wildman–Crippen LogP) is 0.855. The number of likely N-dealkylation sites (tertiary alicyclic amines) is 1. The lowest BCUT2D eigenvalue weighted by Crippen LogP contribution is -2.47. The standard InChI is InChI=1S/C12H18N2O4S/c1-2-14-7-3-4-10(8-14)13-19(16,17)12-6-5-11(9-15)18-12/h5-6,9-10,13H,2-4,7-8H2,1H3. The zero-order chi connectivity index (χ0) is 13.9. The highest BCUT2D eigenvalue weighted by molar-refractivity contribution is 7.89. The normalized spacial score (nSPS) is 21.4. The number of nitrogens with zero attached hydrogens (tertiary/aromatic N) is 1. The molecule has 0 aliphatic carbocycles. The van der Waals surface area contributed by atoms with Gasteiger partial charge in [-0.3, -0.25) is 4.79 Å². The second kappa shape index (κ2) is 5.85. The molecule has 7 heteroatoms. The van der Waals surface area contributed by atoms with Crippen molar-refractivity contribution in [3.63, 3.8) is 0 Å². The van der Waals surface area contributed by atoms with Crippen molar-refractivity contribution in [3.05, 3.63) is 17.9 Å². The number of furan rings is 1. The molecular formula is C12H18N2O4S. The van der Waals surface area contributed by atoms with E-state index in [1.54, 1.807) is 0 Å². The Kier molecular flexibility index (Phi) is 4.38. The van der Waals surface area contributed by atoms with Crippen molar-refractivity contribution in [3.8, 4) is 0 Å². The van der Waals surface area contributed by atoms with Gasteiger partial charge in [0.25, 0.3) is 10.0 Å². The third kappa shape index (κ3) is 3.43. The molecule has 1 saturated heterocycles. The van der Waals surface area contributed by atoms with Crippen LogP contribution in [0.1, 0.15) is 30.3 Å². The maximum Gasteiger partial charge on any atom is 0.274 e. The molecule has 0 radical (unpaired) electrons. The van der Waals surface area contributed by atoms with E-state index in [1.165, 1.54) is 12.1 Å². The molecule has 19 heavy (non-hydrogen) atoms. The Morgan fingerprint density at radius 2 is 2.32 bits per heavy atom. The molecule has 0 aromatic carbocycles. The molecule has 2 heterocycles. The molecule has 1 atom stereocenters. The molecule has 1 aliphatic heterocycles. The molecule has 2 rings (SSSR count). The van der Waals surface area contributed by atoms with Crippen LogP contribution in [0, 0.1) is 0 Å². The monoisotopic (exact) mass is 286 g/mol. The van der Waals surface area contributed by atoms with Crippen LogP contribution in [0.2, 0.25) is 0 Å². The van der Waals surface area contributed by atoms with E-state index in [1.807, 2.05) is 0 Å². The van der Waals surface area contributed by atoms with Crippen LogP contribution in [0.4, 0.5) is 0 Å². The fourth-order valence-electron chi connectivity index (χ4n) is 2.26. The number of sulfonamides is 1. The average molecular weight is 286 g/mol. The van der Waals surface area contributed by atoms with Gasteiger partial charge in [0, 0.05) is 12.6 Å². The Hall–Kier alpha value is -1.18. The molecule has 6 nitrogen and oxygen atoms in total. The molecule has 1 aromatic heterocycles. The van der Waals surface area contributed by atoms with Crippen molar-refractivity contribution in [2.24, 2.45) is 0 Å². The van der Waals surface area contributed by atoms with Gasteiger partial charge in [0.1, 0.15) is 0 Å². The topological polar surface area (TPSA) is 79.6 Å². The maximum absolute atomic E-state index is 12.1. The Morgan fingerprint density at radius 3 is 2.95 bits per heavy atom. The summed E-state index contributed by atoms with van der Waals surface area (Å²) in [5.41, 5.74) is 0. The van der Waals surface area contributed by atoms with E-state index in [0.29, 0.717) is 12.8 Å². The Labute approximate surface area is 112 Å². The lowest BCUT2D eigenvalue weighted by atomic mass is 10.1. The summed E-state index contributed by atoms with van der Waals surface area (Å²) in [4.78, 5) is 12.7. The second-order valence-corrected chi connectivity index (χ2v) is 6.27. The fraction of sp³-hybridized carbons (Fsp3) is 0.583. The van der Waals surface area contributed by atoms with Crippen LogP contribution in [0.5, 0.6) is 0 Å². The van der Waals surface area contributed by atoms with Crippen molar-refractivity contribution in [1.82, 2.24) is 9.62 Å². The summed E-state index contributed by atoms with van der Waals surface area (Å²) in [5, 5.41) is -0.205. The minimum absolute atomic E-state index is 0.0132. The van der Waals surface area contributed by atoms with E-state index in [2.05, 4.69) is 16.5 Å². The fourth-order valence-corrected chi connectivity index (χ4v) is 3.46. The lowest BCUT2D eigenvalue weighted by Gasteiger charge is -2.31. The van der Waals surface area contributed by atoms with Gasteiger partial charge in [0.05, 0.1) is 0 Å². The molecule has 0 saturated carbocycles. The molecule has 0 spiro atoms. The summed E-state index contributed by atoms with van der Waals surface area (Å²) in [7, 11) is -3.68. The smallest absolute Gasteiger partial charge is 0.274 e. The van der Waals surface area contributed by atoms with E-state index in [0.717, 1.165) is 25.9 Å². The van der Waals surface area contributed by atoms with Crippen LogP contribution in [-0.2, 0) is 10.0 Å². The number of carbonyl (C=O) groups excluding carboxylic acids is 1. The first-order valence-electron chi connectivity index (χ1n) is 6.35. The highest BCUT2D eigenvalue weighted by Gasteiger charge is 2.26. The molecule has 1 aromatic rings. The first-order chi connectivity index (χ1) is 9.05. The highest BCUT2D eigenvalue weighted by Crippen LogP contribution is 2.16. The quantitative estimate of drug-likeness (QED) is 0.812. The summed E-state index contributed by atoms with van der Waals surface area (Å²) >= 11 is 0. The minimum Gasteiger partial charge on any atom is -0.440 e. The van der Waals surface area contributed by atoms with Gasteiger partial charge in [-0.05, 0) is 38.1 Å². The van der Waals surface area contributed by atoms with Crippen LogP contribution in [0.25, 0.3) is 0 Å². The average Bonchev–Trinajstić information content (AvgIpc) is 2.88. The van der Waals surface area contributed by atoms with Crippen LogP contribution >= 0.6 is 0 Å². The van der Waals surface area contributed by atoms with E-state index in [-0.39, 0.29) is 16.9 Å². The Balaban J connectivity index is 2.06. The SMILES string of the molecule is CCN1CCCC(NS(=O)(=O)c2ccc(C=O)o2)C1. The predicted molar refractivity (Wildman–Crippen MR) is 69.6 cm³/mol. The minimum atomic E-state index is -3.68. The van der Waals surface area contributed by atoms with Gasteiger partial charge >= 0.3 is 0 Å². The third-order valence-corrected chi connectivity index (χ3v) is 4.65. The number of rotatable bonds is 5. The van der Waals surface area contributed by atoms with Gasteiger partial charge in [0.15, 0.2) is 12.0 Å². The zero-order valence-electron chi connectivity index (χ0n) is 10.8. The summed E-state index contributed by atoms with van der Waals surface area (Å²) in [6, 6.07) is 2.54. The van der Waals surface area contributed by atoms with Crippen LogP contribution in [-0.4, -0.2) is 45.3 Å². The van der Waals surface area contributed by atoms with Gasteiger partial charge in [-0.25, -0.2) is 13.1 Å². The number of likely N-dealkylation sites (N-methyl/N-ethyl adjacent to an activating group) is 1. The van der Waals surface area contributed by atoms with Crippen molar-refractivity contribution in [2.75, 3.05) is 19.6 Å².